The normalized spacial score (nSPS) is 19.0. The number of carboxylic acid groups (broad SMARTS) is 1. The van der Waals surface area contributed by atoms with Crippen LogP contribution in [0, 0.1) is 13.8 Å². The number of carbonyl (C=O) groups excluding carboxylic acids is 1. The van der Waals surface area contributed by atoms with Crippen LogP contribution in [-0.4, -0.2) is 76.0 Å². The van der Waals surface area contributed by atoms with Crippen LogP contribution in [0.15, 0.2) is 12.1 Å². The molecule has 186 valence electrons. The zero-order valence-electron chi connectivity index (χ0n) is 21.2. The minimum Gasteiger partial charge on any atom is -0.491 e. The van der Waals surface area contributed by atoms with Gasteiger partial charge in [-0.25, -0.2) is 9.59 Å². The van der Waals surface area contributed by atoms with Gasteiger partial charge in [0, 0.05) is 0 Å². The molecule has 9 heteroatoms. The van der Waals surface area contributed by atoms with Crippen molar-refractivity contribution >= 4 is 20.4 Å². The molecule has 1 heterocycles. The minimum atomic E-state index is -1.96. The Balaban J connectivity index is 1.88. The lowest BCUT2D eigenvalue weighted by molar-refractivity contribution is 0.0389. The molecule has 1 saturated heterocycles. The van der Waals surface area contributed by atoms with E-state index >= 15 is 0 Å². The first-order chi connectivity index (χ1) is 15.3. The van der Waals surface area contributed by atoms with Gasteiger partial charge in [0.1, 0.15) is 12.4 Å². The Morgan fingerprint density at radius 2 is 1.76 bits per heavy atom. The van der Waals surface area contributed by atoms with E-state index < -0.39 is 14.4 Å². The fourth-order valence-electron chi connectivity index (χ4n) is 3.68. The zero-order valence-corrected chi connectivity index (χ0v) is 22.2. The van der Waals surface area contributed by atoms with Crippen LogP contribution in [0.2, 0.25) is 18.1 Å². The van der Waals surface area contributed by atoms with Gasteiger partial charge < -0.3 is 28.6 Å². The maximum atomic E-state index is 11.8. The lowest BCUT2D eigenvalue weighted by Gasteiger charge is -2.37. The molecule has 8 nitrogen and oxygen atoms in total. The van der Waals surface area contributed by atoms with Gasteiger partial charge in [-0.05, 0) is 61.7 Å². The molecule has 1 aromatic rings. The summed E-state index contributed by atoms with van der Waals surface area (Å²) < 4.78 is 22.9. The monoisotopic (exact) mass is 481 g/mol. The van der Waals surface area contributed by atoms with E-state index in [1.54, 1.807) is 12.1 Å². The van der Waals surface area contributed by atoms with E-state index in [0.717, 1.165) is 11.1 Å². The van der Waals surface area contributed by atoms with Crippen molar-refractivity contribution in [3.05, 3.63) is 28.8 Å². The van der Waals surface area contributed by atoms with Gasteiger partial charge in [0.05, 0.1) is 44.6 Å². The Bertz CT molecular complexity index is 827. The first-order valence-electron chi connectivity index (χ1n) is 11.3. The van der Waals surface area contributed by atoms with E-state index in [0.29, 0.717) is 44.1 Å². The molecule has 33 heavy (non-hydrogen) atoms. The molecule has 2 unspecified atom stereocenters. The number of likely N-dealkylation sites (tertiary alicyclic amines) is 1. The molecule has 2 atom stereocenters. The average Bonchev–Trinajstić information content (AvgIpc) is 3.13. The second-order valence-corrected chi connectivity index (χ2v) is 15.0. The number of hydrogen-bond acceptors (Lipinski definition) is 6. The van der Waals surface area contributed by atoms with Crippen molar-refractivity contribution in [3.63, 3.8) is 0 Å². The molecule has 1 aliphatic heterocycles. The van der Waals surface area contributed by atoms with Crippen molar-refractivity contribution in [1.29, 1.82) is 0 Å². The number of benzene rings is 1. The summed E-state index contributed by atoms with van der Waals surface area (Å²) in [5.74, 6) is 0.331. The van der Waals surface area contributed by atoms with Crippen LogP contribution < -0.4 is 4.74 Å². The highest BCUT2D eigenvalue weighted by Gasteiger charge is 2.41. The number of amides is 1. The quantitative estimate of drug-likeness (QED) is 0.312. The van der Waals surface area contributed by atoms with Gasteiger partial charge in [0.15, 0.2) is 8.32 Å². The van der Waals surface area contributed by atoms with Gasteiger partial charge in [0.25, 0.3) is 0 Å². The van der Waals surface area contributed by atoms with Crippen LogP contribution in [-0.2, 0) is 13.9 Å². The van der Waals surface area contributed by atoms with Crippen LogP contribution in [0.1, 0.15) is 48.7 Å². The van der Waals surface area contributed by atoms with E-state index in [1.807, 2.05) is 13.8 Å². The Labute approximate surface area is 198 Å². The van der Waals surface area contributed by atoms with Crippen molar-refractivity contribution in [2.24, 2.45) is 0 Å². The topological polar surface area (TPSA) is 94.5 Å². The van der Waals surface area contributed by atoms with Gasteiger partial charge in [-0.2, -0.15) is 0 Å². The van der Waals surface area contributed by atoms with E-state index in [4.69, 9.17) is 18.6 Å². The van der Waals surface area contributed by atoms with Gasteiger partial charge in [-0.3, -0.25) is 0 Å². The number of carbonyl (C=O) groups is 2. The predicted octanol–water partition coefficient (Wildman–Crippen LogP) is 4.63. The summed E-state index contributed by atoms with van der Waals surface area (Å²) in [4.78, 5) is 24.9. The van der Waals surface area contributed by atoms with Gasteiger partial charge in [-0.1, -0.05) is 20.8 Å². The first kappa shape index (κ1) is 27.1. The standard InChI is InChI=1S/C24H39NO7Si/c1-16-11-18(22(26)29-6)12-17(2)21(16)31-10-9-30-20-13-19(25(14-20)23(27)28)15-32-33(7,8)24(3,4)5/h11-12,19-20H,9-10,13-15H2,1-8H3,(H,27,28). The largest absolute Gasteiger partial charge is 0.491 e. The third-order valence-corrected chi connectivity index (χ3v) is 11.1. The maximum Gasteiger partial charge on any atom is 0.407 e. The van der Waals surface area contributed by atoms with Gasteiger partial charge in [0.2, 0.25) is 0 Å². The summed E-state index contributed by atoms with van der Waals surface area (Å²) in [6.45, 7) is 16.0. The Morgan fingerprint density at radius 1 is 1.15 bits per heavy atom. The number of ether oxygens (including phenoxy) is 3. The SMILES string of the molecule is COC(=O)c1cc(C)c(OCCOC2CC(CO[Si](C)(C)C(C)(C)C)N(C(=O)O)C2)c(C)c1. The summed E-state index contributed by atoms with van der Waals surface area (Å²) in [7, 11) is -0.607. The van der Waals surface area contributed by atoms with Crippen molar-refractivity contribution in [3.8, 4) is 5.75 Å². The molecule has 0 spiro atoms. The highest BCUT2D eigenvalue weighted by Crippen LogP contribution is 2.37. The highest BCUT2D eigenvalue weighted by atomic mass is 28.4. The number of rotatable bonds is 9. The predicted molar refractivity (Wildman–Crippen MR) is 129 cm³/mol. The van der Waals surface area contributed by atoms with Gasteiger partial charge in [-0.15, -0.1) is 0 Å². The Hall–Kier alpha value is -2.10. The molecule has 0 radical (unpaired) electrons. The molecular formula is C24H39NO7Si. The van der Waals surface area contributed by atoms with Crippen LogP contribution in [0.3, 0.4) is 0 Å². The molecule has 1 amide bonds. The summed E-state index contributed by atoms with van der Waals surface area (Å²) in [6.07, 6.45) is -0.535. The third-order valence-electron chi connectivity index (χ3n) is 6.63. The lowest BCUT2D eigenvalue weighted by atomic mass is 10.1. The summed E-state index contributed by atoms with van der Waals surface area (Å²) in [6, 6.07) is 3.27. The van der Waals surface area contributed by atoms with E-state index in [2.05, 4.69) is 33.9 Å². The van der Waals surface area contributed by atoms with Crippen molar-refractivity contribution < 1.29 is 33.3 Å². The summed E-state index contributed by atoms with van der Waals surface area (Å²) >= 11 is 0. The third kappa shape index (κ3) is 6.94. The molecule has 1 fully saturated rings. The molecule has 1 aromatic carbocycles. The highest BCUT2D eigenvalue weighted by molar-refractivity contribution is 6.74. The van der Waals surface area contributed by atoms with Crippen LogP contribution in [0.5, 0.6) is 5.75 Å². The Morgan fingerprint density at radius 3 is 2.27 bits per heavy atom. The first-order valence-corrected chi connectivity index (χ1v) is 14.2. The number of aryl methyl sites for hydroxylation is 2. The number of methoxy groups -OCH3 is 1. The van der Waals surface area contributed by atoms with Crippen LogP contribution >= 0.6 is 0 Å². The second kappa shape index (κ2) is 10.9. The fraction of sp³-hybridized carbons (Fsp3) is 0.667. The molecule has 0 saturated carbocycles. The Kier molecular flexibility index (Phi) is 8.95. The molecule has 0 aromatic heterocycles. The maximum absolute atomic E-state index is 11.8. The second-order valence-electron chi connectivity index (χ2n) is 10.2. The van der Waals surface area contributed by atoms with Gasteiger partial charge >= 0.3 is 12.1 Å². The van der Waals surface area contributed by atoms with Crippen LogP contribution in [0.4, 0.5) is 4.79 Å². The number of nitrogens with zero attached hydrogens (tertiary/aromatic N) is 1. The van der Waals surface area contributed by atoms with Crippen molar-refractivity contribution in [2.75, 3.05) is 33.5 Å². The minimum absolute atomic E-state index is 0.0677. The molecule has 0 bridgehead atoms. The molecule has 1 N–H and O–H groups in total. The van der Waals surface area contributed by atoms with E-state index in [1.165, 1.54) is 12.0 Å². The molecule has 2 rings (SSSR count). The molecular weight excluding hydrogens is 442 g/mol. The molecule has 0 aliphatic carbocycles. The number of esters is 1. The molecule has 1 aliphatic rings. The van der Waals surface area contributed by atoms with Crippen LogP contribution in [0.25, 0.3) is 0 Å². The summed E-state index contributed by atoms with van der Waals surface area (Å²) in [5.41, 5.74) is 2.18. The van der Waals surface area contributed by atoms with E-state index in [-0.39, 0.29) is 23.2 Å². The van der Waals surface area contributed by atoms with E-state index in [9.17, 15) is 14.7 Å². The van der Waals surface area contributed by atoms with Crippen molar-refractivity contribution in [2.45, 2.75) is 71.3 Å². The lowest BCUT2D eigenvalue weighted by Crippen LogP contribution is -2.45. The average molecular weight is 482 g/mol. The zero-order chi connectivity index (χ0) is 25.0. The van der Waals surface area contributed by atoms with Crippen molar-refractivity contribution in [1.82, 2.24) is 4.90 Å². The smallest absolute Gasteiger partial charge is 0.407 e. The summed E-state index contributed by atoms with van der Waals surface area (Å²) in [5, 5.41) is 9.69. The number of hydrogen-bond donors (Lipinski definition) is 1. The fourth-order valence-corrected chi connectivity index (χ4v) is 4.72.